The van der Waals surface area contributed by atoms with Gasteiger partial charge in [0.15, 0.2) is 0 Å². The molecule has 1 amide bonds. The number of hydrogen-bond acceptors (Lipinski definition) is 3. The van der Waals surface area contributed by atoms with Crippen molar-refractivity contribution in [3.8, 4) is 0 Å². The van der Waals surface area contributed by atoms with Gasteiger partial charge in [0.25, 0.3) is 0 Å². The molecule has 0 unspecified atom stereocenters. The van der Waals surface area contributed by atoms with Crippen molar-refractivity contribution in [1.82, 2.24) is 9.62 Å². The maximum atomic E-state index is 12.8. The lowest BCUT2D eigenvalue weighted by Crippen LogP contribution is -2.42. The molecule has 1 N–H and O–H groups in total. The van der Waals surface area contributed by atoms with Gasteiger partial charge in [0.05, 0.1) is 18.4 Å². The lowest BCUT2D eigenvalue weighted by Gasteiger charge is -2.27. The molecule has 0 saturated heterocycles. The van der Waals surface area contributed by atoms with Crippen LogP contribution in [0.2, 0.25) is 0 Å². The molecule has 0 heterocycles. The van der Waals surface area contributed by atoms with E-state index in [4.69, 9.17) is 0 Å². The third-order valence-corrected chi connectivity index (χ3v) is 4.89. The van der Waals surface area contributed by atoms with E-state index in [1.54, 1.807) is 19.9 Å². The molecule has 0 bridgehead atoms. The first-order chi connectivity index (χ1) is 10.7. The van der Waals surface area contributed by atoms with E-state index in [2.05, 4.69) is 5.32 Å². The molecule has 0 atom stereocenters. The van der Waals surface area contributed by atoms with Gasteiger partial charge in [-0.05, 0) is 11.6 Å². The topological polar surface area (TPSA) is 66.5 Å². The zero-order valence-corrected chi connectivity index (χ0v) is 14.8. The summed E-state index contributed by atoms with van der Waals surface area (Å²) in [6.07, 6.45) is -3.46. The normalized spacial score (nSPS) is 13.2. The van der Waals surface area contributed by atoms with Crippen molar-refractivity contribution in [2.75, 3.05) is 26.4 Å². The highest BCUT2D eigenvalue weighted by Crippen LogP contribution is 2.32. The number of likely N-dealkylation sites (N-methyl/N-ethyl adjacent to an activating group) is 1. The molecule has 0 aliphatic heterocycles. The average molecular weight is 366 g/mol. The van der Waals surface area contributed by atoms with Gasteiger partial charge in [0.1, 0.15) is 0 Å². The van der Waals surface area contributed by atoms with E-state index in [0.717, 1.165) is 22.7 Å². The van der Waals surface area contributed by atoms with Crippen LogP contribution in [0.4, 0.5) is 13.2 Å². The van der Waals surface area contributed by atoms with E-state index < -0.39 is 33.1 Å². The minimum atomic E-state index is -4.44. The molecule has 1 aromatic carbocycles. The van der Waals surface area contributed by atoms with Crippen LogP contribution in [0, 0.1) is 0 Å². The number of nitrogens with zero attached hydrogens (tertiary/aromatic N) is 1. The standard InChI is InChI=1S/C15H21F3N2O3S/c1-14(2,10-19-13(21)9-20(3)24(4,22)23)11-6-5-7-12(8-11)15(16,17)18/h5-8H,9-10H2,1-4H3,(H,19,21). The number of carbonyl (C=O) groups is 1. The SMILES string of the molecule is CN(CC(=O)NCC(C)(C)c1cccc(C(F)(F)F)c1)S(C)(=O)=O. The van der Waals surface area contributed by atoms with Gasteiger partial charge in [-0.25, -0.2) is 8.42 Å². The van der Waals surface area contributed by atoms with Gasteiger partial charge < -0.3 is 5.32 Å². The van der Waals surface area contributed by atoms with Gasteiger partial charge in [-0.3, -0.25) is 4.79 Å². The molecule has 0 aromatic heterocycles. The van der Waals surface area contributed by atoms with Crippen LogP contribution in [0.25, 0.3) is 0 Å². The molecule has 0 aliphatic rings. The zero-order valence-electron chi connectivity index (χ0n) is 13.9. The summed E-state index contributed by atoms with van der Waals surface area (Å²) in [6, 6.07) is 4.91. The smallest absolute Gasteiger partial charge is 0.354 e. The number of hydrogen-bond donors (Lipinski definition) is 1. The molecule has 5 nitrogen and oxygen atoms in total. The van der Waals surface area contributed by atoms with Crippen molar-refractivity contribution in [3.63, 3.8) is 0 Å². The predicted octanol–water partition coefficient (Wildman–Crippen LogP) is 1.99. The number of nitrogens with one attached hydrogen (secondary N) is 1. The van der Waals surface area contributed by atoms with Crippen LogP contribution >= 0.6 is 0 Å². The lowest BCUT2D eigenvalue weighted by molar-refractivity contribution is -0.137. The Morgan fingerprint density at radius 3 is 2.25 bits per heavy atom. The number of halogens is 3. The molecule has 0 spiro atoms. The molecular weight excluding hydrogens is 345 g/mol. The second-order valence-corrected chi connectivity index (χ2v) is 8.35. The second kappa shape index (κ2) is 7.10. The fourth-order valence-corrected chi connectivity index (χ4v) is 2.27. The summed E-state index contributed by atoms with van der Waals surface area (Å²) in [5.74, 6) is -0.525. The third-order valence-electron chi connectivity index (χ3n) is 3.63. The highest BCUT2D eigenvalue weighted by atomic mass is 32.2. The van der Waals surface area contributed by atoms with Crippen molar-refractivity contribution in [2.45, 2.75) is 25.4 Å². The Bertz CT molecular complexity index is 700. The van der Waals surface area contributed by atoms with E-state index in [1.165, 1.54) is 13.1 Å². The monoisotopic (exact) mass is 366 g/mol. The van der Waals surface area contributed by atoms with Crippen molar-refractivity contribution >= 4 is 15.9 Å². The van der Waals surface area contributed by atoms with Gasteiger partial charge in [-0.15, -0.1) is 0 Å². The van der Waals surface area contributed by atoms with E-state index in [9.17, 15) is 26.4 Å². The minimum absolute atomic E-state index is 0.0742. The van der Waals surface area contributed by atoms with Crippen molar-refractivity contribution in [1.29, 1.82) is 0 Å². The van der Waals surface area contributed by atoms with E-state index >= 15 is 0 Å². The van der Waals surface area contributed by atoms with E-state index in [0.29, 0.717) is 5.56 Å². The maximum absolute atomic E-state index is 12.8. The van der Waals surface area contributed by atoms with E-state index in [1.807, 2.05) is 0 Å². The number of carbonyl (C=O) groups excluding carboxylic acids is 1. The number of alkyl halides is 3. The highest BCUT2D eigenvalue weighted by Gasteiger charge is 2.32. The molecule has 136 valence electrons. The van der Waals surface area contributed by atoms with Crippen molar-refractivity contribution in [2.24, 2.45) is 0 Å². The second-order valence-electron chi connectivity index (χ2n) is 6.26. The molecule has 9 heteroatoms. The molecule has 0 radical (unpaired) electrons. The van der Waals surface area contributed by atoms with Crippen LogP contribution < -0.4 is 5.32 Å². The lowest BCUT2D eigenvalue weighted by atomic mass is 9.83. The van der Waals surface area contributed by atoms with Crippen molar-refractivity contribution in [3.05, 3.63) is 35.4 Å². The Morgan fingerprint density at radius 1 is 1.21 bits per heavy atom. The van der Waals surface area contributed by atoms with Gasteiger partial charge in [-0.2, -0.15) is 17.5 Å². The van der Waals surface area contributed by atoms with E-state index in [-0.39, 0.29) is 13.1 Å². The molecule has 1 aromatic rings. The first-order valence-electron chi connectivity index (χ1n) is 7.09. The molecule has 0 saturated carbocycles. The number of amides is 1. The average Bonchev–Trinajstić information content (AvgIpc) is 2.43. The van der Waals surface area contributed by atoms with Gasteiger partial charge in [0, 0.05) is 19.0 Å². The van der Waals surface area contributed by atoms with Crippen LogP contribution in [0.3, 0.4) is 0 Å². The molecular formula is C15H21F3N2O3S. The van der Waals surface area contributed by atoms with Crippen LogP contribution in [-0.4, -0.2) is 45.0 Å². The summed E-state index contributed by atoms with van der Waals surface area (Å²) in [4.78, 5) is 11.8. The summed E-state index contributed by atoms with van der Waals surface area (Å²) in [7, 11) is -2.21. The quantitative estimate of drug-likeness (QED) is 0.837. The summed E-state index contributed by atoms with van der Waals surface area (Å²) in [5, 5.41) is 2.56. The maximum Gasteiger partial charge on any atom is 0.416 e. The summed E-state index contributed by atoms with van der Waals surface area (Å²) < 4.78 is 61.8. The van der Waals surface area contributed by atoms with Crippen molar-refractivity contribution < 1.29 is 26.4 Å². The van der Waals surface area contributed by atoms with Gasteiger partial charge in [0.2, 0.25) is 15.9 Å². The summed E-state index contributed by atoms with van der Waals surface area (Å²) in [6.45, 7) is 3.12. The summed E-state index contributed by atoms with van der Waals surface area (Å²) >= 11 is 0. The Kier molecular flexibility index (Phi) is 6.05. The van der Waals surface area contributed by atoms with Gasteiger partial charge >= 0.3 is 6.18 Å². The Morgan fingerprint density at radius 2 is 1.75 bits per heavy atom. The van der Waals surface area contributed by atoms with Gasteiger partial charge in [-0.1, -0.05) is 32.0 Å². The third kappa shape index (κ3) is 5.79. The Labute approximate surface area is 139 Å². The van der Waals surface area contributed by atoms with Crippen LogP contribution in [-0.2, 0) is 26.4 Å². The minimum Gasteiger partial charge on any atom is -0.354 e. The Hall–Kier alpha value is -1.61. The van der Waals surface area contributed by atoms with Crippen LogP contribution in [0.15, 0.2) is 24.3 Å². The first kappa shape index (κ1) is 20.4. The summed E-state index contributed by atoms with van der Waals surface area (Å²) in [5.41, 5.74) is -1.08. The largest absolute Gasteiger partial charge is 0.416 e. The number of rotatable bonds is 6. The van der Waals surface area contributed by atoms with Crippen LogP contribution in [0.1, 0.15) is 25.0 Å². The number of sulfonamides is 1. The molecule has 1 rings (SSSR count). The Balaban J connectivity index is 2.79. The zero-order chi connectivity index (χ0) is 18.8. The molecule has 0 fully saturated rings. The fourth-order valence-electron chi connectivity index (χ4n) is 1.91. The predicted molar refractivity (Wildman–Crippen MR) is 85.0 cm³/mol. The highest BCUT2D eigenvalue weighted by molar-refractivity contribution is 7.88. The van der Waals surface area contributed by atoms with Crippen LogP contribution in [0.5, 0.6) is 0 Å². The number of benzene rings is 1. The first-order valence-corrected chi connectivity index (χ1v) is 8.94. The molecule has 24 heavy (non-hydrogen) atoms. The molecule has 0 aliphatic carbocycles. The fraction of sp³-hybridized carbons (Fsp3) is 0.533.